The summed E-state index contributed by atoms with van der Waals surface area (Å²) in [5.41, 5.74) is 0.253. The first-order chi connectivity index (χ1) is 7.57. The molecular weight excluding hydrogens is 200 g/mol. The molecule has 0 radical (unpaired) electrons. The van der Waals surface area contributed by atoms with Crippen LogP contribution in [0.1, 0.15) is 33.6 Å². The van der Waals surface area contributed by atoms with Gasteiger partial charge >= 0.3 is 0 Å². The van der Waals surface area contributed by atoms with Crippen LogP contribution < -0.4 is 5.32 Å². The highest BCUT2D eigenvalue weighted by Gasteiger charge is 2.29. The molecule has 3 nitrogen and oxygen atoms in total. The average molecular weight is 226 g/mol. The third-order valence-electron chi connectivity index (χ3n) is 3.67. The highest BCUT2D eigenvalue weighted by Crippen LogP contribution is 2.28. The van der Waals surface area contributed by atoms with Crippen molar-refractivity contribution < 1.29 is 4.74 Å². The minimum absolute atomic E-state index is 0.253. The topological polar surface area (TPSA) is 24.5 Å². The molecule has 2 fully saturated rings. The van der Waals surface area contributed by atoms with E-state index in [1.54, 1.807) is 0 Å². The Hall–Kier alpha value is -0.120. The van der Waals surface area contributed by atoms with Crippen LogP contribution in [-0.2, 0) is 4.74 Å². The summed E-state index contributed by atoms with van der Waals surface area (Å²) < 4.78 is 5.71. The van der Waals surface area contributed by atoms with Crippen LogP contribution in [-0.4, -0.2) is 49.3 Å². The Morgan fingerprint density at radius 2 is 2.12 bits per heavy atom. The summed E-state index contributed by atoms with van der Waals surface area (Å²) in [6.07, 6.45) is 2.77. The molecular formula is C13H26N2O. The Balaban J connectivity index is 1.65. The maximum atomic E-state index is 5.71. The maximum Gasteiger partial charge on any atom is 0.0593 e. The van der Waals surface area contributed by atoms with E-state index in [9.17, 15) is 0 Å². The zero-order valence-electron chi connectivity index (χ0n) is 11.0. The van der Waals surface area contributed by atoms with Gasteiger partial charge in [-0.3, -0.25) is 4.90 Å². The summed E-state index contributed by atoms with van der Waals surface area (Å²) in [7, 11) is 0. The van der Waals surface area contributed by atoms with Crippen LogP contribution in [0.5, 0.6) is 0 Å². The molecule has 2 rings (SSSR count). The van der Waals surface area contributed by atoms with Gasteiger partial charge in [0.1, 0.15) is 0 Å². The van der Waals surface area contributed by atoms with Crippen LogP contribution in [0.3, 0.4) is 0 Å². The van der Waals surface area contributed by atoms with Crippen molar-refractivity contribution in [2.24, 2.45) is 5.92 Å². The maximum absolute atomic E-state index is 5.71. The smallest absolute Gasteiger partial charge is 0.0593 e. The lowest BCUT2D eigenvalue weighted by Crippen LogP contribution is -2.61. The van der Waals surface area contributed by atoms with E-state index < -0.39 is 0 Å². The highest BCUT2D eigenvalue weighted by atomic mass is 16.5. The molecule has 1 saturated carbocycles. The van der Waals surface area contributed by atoms with Crippen LogP contribution in [0.2, 0.25) is 0 Å². The molecule has 0 bridgehead atoms. The summed E-state index contributed by atoms with van der Waals surface area (Å²) in [6.45, 7) is 12.0. The molecule has 0 aromatic carbocycles. The van der Waals surface area contributed by atoms with E-state index in [-0.39, 0.29) is 5.54 Å². The highest BCUT2D eigenvalue weighted by molar-refractivity contribution is 4.90. The van der Waals surface area contributed by atoms with Crippen LogP contribution >= 0.6 is 0 Å². The van der Waals surface area contributed by atoms with E-state index in [1.165, 1.54) is 12.8 Å². The Kier molecular flexibility index (Phi) is 3.88. The summed E-state index contributed by atoms with van der Waals surface area (Å²) in [5.74, 6) is 0.886. The van der Waals surface area contributed by atoms with Gasteiger partial charge in [0.25, 0.3) is 0 Å². The first-order valence-corrected chi connectivity index (χ1v) is 6.64. The van der Waals surface area contributed by atoms with E-state index in [2.05, 4.69) is 31.0 Å². The third-order valence-corrected chi connectivity index (χ3v) is 3.67. The molecule has 1 unspecified atom stereocenters. The van der Waals surface area contributed by atoms with Gasteiger partial charge in [-0.05, 0) is 39.5 Å². The van der Waals surface area contributed by atoms with Gasteiger partial charge in [-0.1, -0.05) is 0 Å². The lowest BCUT2D eigenvalue weighted by Gasteiger charge is -2.43. The van der Waals surface area contributed by atoms with E-state index in [0.717, 1.165) is 38.8 Å². The lowest BCUT2D eigenvalue weighted by molar-refractivity contribution is 0.0516. The van der Waals surface area contributed by atoms with Crippen LogP contribution in [0, 0.1) is 5.92 Å². The summed E-state index contributed by atoms with van der Waals surface area (Å²) in [5, 5.41) is 3.57. The molecule has 0 aromatic rings. The predicted molar refractivity (Wildman–Crippen MR) is 66.7 cm³/mol. The molecule has 3 heteroatoms. The third kappa shape index (κ3) is 3.72. The lowest BCUT2D eigenvalue weighted by atomic mass is 9.99. The summed E-state index contributed by atoms with van der Waals surface area (Å²) >= 11 is 0. The first kappa shape index (κ1) is 12.3. The van der Waals surface area contributed by atoms with Crippen molar-refractivity contribution in [2.75, 3.05) is 32.8 Å². The second-order valence-electron chi connectivity index (χ2n) is 6.10. The zero-order chi connectivity index (χ0) is 11.6. The fourth-order valence-corrected chi connectivity index (χ4v) is 2.29. The van der Waals surface area contributed by atoms with E-state index in [0.29, 0.717) is 6.04 Å². The number of hydrogen-bond donors (Lipinski definition) is 1. The minimum atomic E-state index is 0.253. The summed E-state index contributed by atoms with van der Waals surface area (Å²) in [4.78, 5) is 2.55. The molecule has 0 spiro atoms. The number of nitrogens with zero attached hydrogens (tertiary/aromatic N) is 1. The number of piperazine rings is 1. The average Bonchev–Trinajstić information content (AvgIpc) is 3.01. The predicted octanol–water partition coefficient (Wildman–Crippen LogP) is 1.49. The Morgan fingerprint density at radius 3 is 2.81 bits per heavy atom. The van der Waals surface area contributed by atoms with Crippen molar-refractivity contribution in [3.8, 4) is 0 Å². The molecule has 1 saturated heterocycles. The molecule has 1 heterocycles. The molecule has 0 aromatic heterocycles. The van der Waals surface area contributed by atoms with Crippen LogP contribution in [0.4, 0.5) is 0 Å². The Bertz CT molecular complexity index is 226. The number of rotatable bonds is 5. The van der Waals surface area contributed by atoms with Gasteiger partial charge in [-0.15, -0.1) is 0 Å². The molecule has 94 valence electrons. The van der Waals surface area contributed by atoms with Gasteiger partial charge < -0.3 is 10.1 Å². The van der Waals surface area contributed by atoms with E-state index >= 15 is 0 Å². The van der Waals surface area contributed by atoms with Crippen molar-refractivity contribution in [3.05, 3.63) is 0 Å². The van der Waals surface area contributed by atoms with Gasteiger partial charge in [0.05, 0.1) is 6.61 Å². The monoisotopic (exact) mass is 226 g/mol. The number of nitrogens with one attached hydrogen (secondary N) is 1. The second-order valence-corrected chi connectivity index (χ2v) is 6.10. The van der Waals surface area contributed by atoms with Gasteiger partial charge in [0, 0.05) is 37.8 Å². The molecule has 1 N–H and O–H groups in total. The molecule has 1 atom stereocenters. The van der Waals surface area contributed by atoms with Crippen molar-refractivity contribution >= 4 is 0 Å². The van der Waals surface area contributed by atoms with Crippen molar-refractivity contribution in [1.29, 1.82) is 0 Å². The standard InChI is InChI=1S/C13H26N2O/c1-11-8-14-13(2,3)10-15(11)6-7-16-9-12-4-5-12/h11-12,14H,4-10H2,1-3H3. The van der Waals surface area contributed by atoms with Crippen molar-refractivity contribution in [1.82, 2.24) is 10.2 Å². The largest absolute Gasteiger partial charge is 0.380 e. The second kappa shape index (κ2) is 5.03. The number of ether oxygens (including phenoxy) is 1. The Morgan fingerprint density at radius 1 is 1.38 bits per heavy atom. The quantitative estimate of drug-likeness (QED) is 0.719. The fraction of sp³-hybridized carbons (Fsp3) is 1.00. The van der Waals surface area contributed by atoms with Gasteiger partial charge in [0.2, 0.25) is 0 Å². The Labute approximate surface area is 99.5 Å². The van der Waals surface area contributed by atoms with Crippen molar-refractivity contribution in [2.45, 2.75) is 45.2 Å². The molecule has 1 aliphatic heterocycles. The van der Waals surface area contributed by atoms with Crippen LogP contribution in [0.15, 0.2) is 0 Å². The molecule has 0 amide bonds. The normalized spacial score (nSPS) is 30.6. The minimum Gasteiger partial charge on any atom is -0.380 e. The number of hydrogen-bond acceptors (Lipinski definition) is 3. The van der Waals surface area contributed by atoms with Gasteiger partial charge in [-0.2, -0.15) is 0 Å². The van der Waals surface area contributed by atoms with Gasteiger partial charge in [0.15, 0.2) is 0 Å². The van der Waals surface area contributed by atoms with E-state index in [4.69, 9.17) is 4.74 Å². The molecule has 1 aliphatic carbocycles. The summed E-state index contributed by atoms with van der Waals surface area (Å²) in [6, 6.07) is 0.637. The van der Waals surface area contributed by atoms with Crippen molar-refractivity contribution in [3.63, 3.8) is 0 Å². The molecule has 16 heavy (non-hydrogen) atoms. The van der Waals surface area contributed by atoms with Crippen LogP contribution in [0.25, 0.3) is 0 Å². The SMILES string of the molecule is CC1CNC(C)(C)CN1CCOCC1CC1. The fourth-order valence-electron chi connectivity index (χ4n) is 2.29. The first-order valence-electron chi connectivity index (χ1n) is 6.64. The van der Waals surface area contributed by atoms with E-state index in [1.807, 2.05) is 0 Å². The zero-order valence-corrected chi connectivity index (χ0v) is 11.0. The van der Waals surface area contributed by atoms with Gasteiger partial charge in [-0.25, -0.2) is 0 Å². The molecule has 2 aliphatic rings.